The molecule has 0 saturated carbocycles. The van der Waals surface area contributed by atoms with Crippen LogP contribution in [0.15, 0.2) is 10.2 Å². The molecule has 3 atom stereocenters. The van der Waals surface area contributed by atoms with Crippen LogP contribution in [0.4, 0.5) is 0 Å². The predicted molar refractivity (Wildman–Crippen MR) is 114 cm³/mol. The van der Waals surface area contributed by atoms with Gasteiger partial charge in [0, 0.05) is 25.2 Å². The van der Waals surface area contributed by atoms with Crippen molar-refractivity contribution in [2.24, 2.45) is 16.1 Å². The number of rotatable bonds is 9. The van der Waals surface area contributed by atoms with Crippen molar-refractivity contribution in [1.82, 2.24) is 4.90 Å². The summed E-state index contributed by atoms with van der Waals surface area (Å²) in [5, 5.41) is 32.1. The number of amides is 1. The Morgan fingerprint density at radius 3 is 2.13 bits per heavy atom. The van der Waals surface area contributed by atoms with Gasteiger partial charge in [-0.15, -0.1) is 0 Å². The Morgan fingerprint density at radius 1 is 0.935 bits per heavy atom. The maximum absolute atomic E-state index is 12.6. The summed E-state index contributed by atoms with van der Waals surface area (Å²) < 4.78 is 0. The summed E-state index contributed by atoms with van der Waals surface area (Å²) in [7, 11) is 0. The third kappa shape index (κ3) is 8.01. The topological polar surface area (TPSA) is 143 Å². The minimum atomic E-state index is -1.17. The number of carbonyl (C=O) groups excluding carboxylic acids is 2. The van der Waals surface area contributed by atoms with E-state index in [1.54, 1.807) is 13.8 Å². The molecule has 0 aromatic rings. The van der Waals surface area contributed by atoms with Crippen molar-refractivity contribution in [2.75, 3.05) is 39.3 Å². The summed E-state index contributed by atoms with van der Waals surface area (Å²) in [6, 6.07) is 4.30. The summed E-state index contributed by atoms with van der Waals surface area (Å²) in [6.45, 7) is 8.58. The molecule has 2 fully saturated rings. The summed E-state index contributed by atoms with van der Waals surface area (Å²) in [5.74, 6) is 0.292. The van der Waals surface area contributed by atoms with Crippen LogP contribution in [-0.4, -0.2) is 66.9 Å². The Labute approximate surface area is 185 Å². The lowest BCUT2D eigenvalue weighted by Crippen LogP contribution is -2.89. The van der Waals surface area contributed by atoms with Gasteiger partial charge in [-0.25, -0.2) is 0 Å². The molecule has 31 heavy (non-hydrogen) atoms. The van der Waals surface area contributed by atoms with Crippen LogP contribution in [-0.2, 0) is 9.59 Å². The fraction of sp³-hybridized carbons (Fsp3) is 0.818. The van der Waals surface area contributed by atoms with Crippen molar-refractivity contribution >= 4 is 11.7 Å². The van der Waals surface area contributed by atoms with E-state index in [9.17, 15) is 20.1 Å². The molecule has 3 unspecified atom stereocenters. The van der Waals surface area contributed by atoms with Gasteiger partial charge in [-0.3, -0.25) is 9.59 Å². The highest BCUT2D eigenvalue weighted by molar-refractivity contribution is 5.81. The van der Waals surface area contributed by atoms with E-state index in [1.165, 1.54) is 0 Å². The molecule has 2 aliphatic heterocycles. The second-order valence-corrected chi connectivity index (χ2v) is 9.18. The van der Waals surface area contributed by atoms with E-state index in [0.29, 0.717) is 6.42 Å². The van der Waals surface area contributed by atoms with Crippen LogP contribution < -0.4 is 10.6 Å². The highest BCUT2D eigenvalue weighted by Gasteiger charge is 2.31. The van der Waals surface area contributed by atoms with Crippen LogP contribution in [0.3, 0.4) is 0 Å². The van der Waals surface area contributed by atoms with Gasteiger partial charge in [0.25, 0.3) is 0 Å². The van der Waals surface area contributed by atoms with Crippen molar-refractivity contribution in [3.8, 4) is 12.1 Å². The Kier molecular flexibility index (Phi) is 9.54. The van der Waals surface area contributed by atoms with Gasteiger partial charge >= 0.3 is 0 Å². The molecule has 0 spiro atoms. The zero-order valence-electron chi connectivity index (χ0n) is 19.0. The molecule has 1 amide bonds. The second-order valence-electron chi connectivity index (χ2n) is 9.18. The summed E-state index contributed by atoms with van der Waals surface area (Å²) in [6.07, 6.45) is 3.91. The lowest BCUT2D eigenvalue weighted by Gasteiger charge is -2.26. The van der Waals surface area contributed by atoms with Crippen molar-refractivity contribution in [2.45, 2.75) is 69.9 Å². The average molecular weight is 432 g/mol. The fourth-order valence-corrected chi connectivity index (χ4v) is 3.99. The van der Waals surface area contributed by atoms with Crippen LogP contribution in [0, 0.1) is 28.6 Å². The summed E-state index contributed by atoms with van der Waals surface area (Å²) in [4.78, 5) is 26.8. The highest BCUT2D eigenvalue weighted by Crippen LogP contribution is 2.25. The molecule has 170 valence electrons. The maximum atomic E-state index is 12.6. The van der Waals surface area contributed by atoms with Gasteiger partial charge in [-0.2, -0.15) is 20.8 Å². The van der Waals surface area contributed by atoms with Crippen LogP contribution in [0.2, 0.25) is 0 Å². The van der Waals surface area contributed by atoms with E-state index in [0.717, 1.165) is 58.5 Å². The van der Waals surface area contributed by atoms with Crippen LogP contribution in [0.5, 0.6) is 0 Å². The zero-order valence-corrected chi connectivity index (χ0v) is 19.0. The first-order valence-electron chi connectivity index (χ1n) is 11.5. The normalized spacial score (nSPS) is 23.7. The number of nitriles is 2. The fourth-order valence-electron chi connectivity index (χ4n) is 3.99. The van der Waals surface area contributed by atoms with E-state index >= 15 is 0 Å². The smallest absolute Gasteiger partial charge is 0.223 e. The number of piperazine rings is 1. The van der Waals surface area contributed by atoms with Crippen molar-refractivity contribution in [3.63, 3.8) is 0 Å². The molecule has 9 nitrogen and oxygen atoms in total. The maximum Gasteiger partial charge on any atom is 0.223 e. The van der Waals surface area contributed by atoms with Crippen molar-refractivity contribution in [3.05, 3.63) is 0 Å². The number of nitrogens with two attached hydrogens (primary N) is 2. The molecule has 0 aromatic carbocycles. The number of ketones is 1. The lowest BCUT2D eigenvalue weighted by molar-refractivity contribution is -0.662. The monoisotopic (exact) mass is 431 g/mol. The first-order valence-corrected chi connectivity index (χ1v) is 11.5. The Morgan fingerprint density at radius 2 is 1.52 bits per heavy atom. The number of Topliss-reactive ketones (excluding diaryl/α,β-unsaturated/α-hetero) is 1. The molecule has 9 heteroatoms. The quantitative estimate of drug-likeness (QED) is 0.491. The number of azo groups is 1. The zero-order chi connectivity index (χ0) is 22.7. The van der Waals surface area contributed by atoms with Gasteiger partial charge in [0.2, 0.25) is 5.91 Å². The van der Waals surface area contributed by atoms with Crippen LogP contribution >= 0.6 is 0 Å². The van der Waals surface area contributed by atoms with E-state index in [-0.39, 0.29) is 36.9 Å². The molecular formula is C22H37N7O2+2. The molecule has 4 N–H and O–H groups in total. The van der Waals surface area contributed by atoms with Gasteiger partial charge in [0.1, 0.15) is 5.78 Å². The van der Waals surface area contributed by atoms with Crippen LogP contribution in [0.25, 0.3) is 0 Å². The van der Waals surface area contributed by atoms with E-state index in [2.05, 4.69) is 33.0 Å². The Hall–Kier alpha value is -2.36. The van der Waals surface area contributed by atoms with Gasteiger partial charge in [0.15, 0.2) is 11.1 Å². The van der Waals surface area contributed by atoms with E-state index < -0.39 is 11.1 Å². The standard InChI is InChI=1S/C22H35N7O2/c1-21(16-23,8-5-19(30)18-4-3-10-25-11-7-18)27-28-22(2,17-24)9-6-20(31)29-14-12-26-13-15-29/h18,25-26H,3-15H2,1-2H3/p+2. The van der Waals surface area contributed by atoms with Gasteiger partial charge in [0.05, 0.1) is 51.4 Å². The SMILES string of the molecule is CC(C#N)(CCC(=O)C1CCC[NH2+]CC1)N=NC(C)(C#N)CCC(=O)N1CC[NH2+]CC1. The Balaban J connectivity index is 1.91. The third-order valence-corrected chi connectivity index (χ3v) is 6.35. The minimum absolute atomic E-state index is 0.0269. The lowest BCUT2D eigenvalue weighted by atomic mass is 9.89. The summed E-state index contributed by atoms with van der Waals surface area (Å²) >= 11 is 0. The molecular weight excluding hydrogens is 394 g/mol. The molecule has 2 aliphatic rings. The van der Waals surface area contributed by atoms with Gasteiger partial charge in [-0.1, -0.05) is 0 Å². The first kappa shape index (κ1) is 24.9. The second kappa shape index (κ2) is 11.9. The van der Waals surface area contributed by atoms with E-state index in [4.69, 9.17) is 0 Å². The largest absolute Gasteiger partial charge is 0.346 e. The molecule has 2 saturated heterocycles. The number of hydrogen-bond acceptors (Lipinski definition) is 6. The van der Waals surface area contributed by atoms with Crippen molar-refractivity contribution < 1.29 is 20.2 Å². The molecule has 2 rings (SSSR count). The molecule has 0 aliphatic carbocycles. The number of quaternary nitrogens is 2. The van der Waals surface area contributed by atoms with Gasteiger partial charge < -0.3 is 15.5 Å². The average Bonchev–Trinajstić information content (AvgIpc) is 3.10. The minimum Gasteiger partial charge on any atom is -0.346 e. The molecule has 2 heterocycles. The summed E-state index contributed by atoms with van der Waals surface area (Å²) in [5.41, 5.74) is -2.33. The molecule has 0 radical (unpaired) electrons. The molecule has 0 aromatic heterocycles. The van der Waals surface area contributed by atoms with E-state index in [1.807, 2.05) is 4.90 Å². The third-order valence-electron chi connectivity index (χ3n) is 6.35. The number of carbonyl (C=O) groups is 2. The van der Waals surface area contributed by atoms with Crippen molar-refractivity contribution in [1.29, 1.82) is 10.5 Å². The van der Waals surface area contributed by atoms with Crippen LogP contribution in [0.1, 0.15) is 58.8 Å². The highest BCUT2D eigenvalue weighted by atomic mass is 16.2. The van der Waals surface area contributed by atoms with Gasteiger partial charge in [-0.05, 0) is 39.5 Å². The predicted octanol–water partition coefficient (Wildman–Crippen LogP) is -0.0982. The number of nitrogens with zero attached hydrogens (tertiary/aromatic N) is 5. The first-order chi connectivity index (χ1) is 14.8. The Bertz CT molecular complexity index is 727. The molecule has 0 bridgehead atoms. The number of hydrogen-bond donors (Lipinski definition) is 2.